The van der Waals surface area contributed by atoms with Gasteiger partial charge in [-0.05, 0) is 24.5 Å². The third-order valence-corrected chi connectivity index (χ3v) is 2.27. The minimum absolute atomic E-state index is 0.173. The van der Waals surface area contributed by atoms with Crippen LogP contribution in [0, 0.1) is 5.92 Å². The predicted molar refractivity (Wildman–Crippen MR) is 61.4 cm³/mol. The zero-order chi connectivity index (χ0) is 11.1. The van der Waals surface area contributed by atoms with Crippen molar-refractivity contribution in [2.75, 3.05) is 6.61 Å². The number of hydrogen-bond donors (Lipinski definition) is 2. The Bertz CT molecular complexity index is 262. The van der Waals surface area contributed by atoms with Gasteiger partial charge >= 0.3 is 0 Å². The first-order valence-corrected chi connectivity index (χ1v) is 5.46. The van der Waals surface area contributed by atoms with Crippen molar-refractivity contribution >= 4 is 0 Å². The van der Waals surface area contributed by atoms with Crippen molar-refractivity contribution in [1.82, 2.24) is 10.3 Å². The van der Waals surface area contributed by atoms with E-state index >= 15 is 0 Å². The standard InChI is InChI=1S/C12H20N2O/c1-10(2)7-12(9-15)14-8-11-5-3-4-6-13-11/h3-6,10,12,14-15H,7-9H2,1-2H3/t12-/m1/s1. The summed E-state index contributed by atoms with van der Waals surface area (Å²) in [6.45, 7) is 5.22. The van der Waals surface area contributed by atoms with Crippen LogP contribution in [0.4, 0.5) is 0 Å². The molecule has 1 heterocycles. The van der Waals surface area contributed by atoms with Gasteiger partial charge in [-0.3, -0.25) is 4.98 Å². The van der Waals surface area contributed by atoms with Crippen molar-refractivity contribution in [1.29, 1.82) is 0 Å². The molecule has 0 unspecified atom stereocenters. The van der Waals surface area contributed by atoms with E-state index in [0.29, 0.717) is 5.92 Å². The molecular formula is C12H20N2O. The smallest absolute Gasteiger partial charge is 0.0584 e. The zero-order valence-corrected chi connectivity index (χ0v) is 9.48. The summed E-state index contributed by atoms with van der Waals surface area (Å²) >= 11 is 0. The minimum Gasteiger partial charge on any atom is -0.395 e. The SMILES string of the molecule is CC(C)C[C@H](CO)NCc1ccccn1. The Hall–Kier alpha value is -0.930. The molecule has 0 aliphatic rings. The first-order chi connectivity index (χ1) is 7.22. The molecule has 1 atom stereocenters. The van der Waals surface area contributed by atoms with Gasteiger partial charge in [0.2, 0.25) is 0 Å². The predicted octanol–water partition coefficient (Wildman–Crippen LogP) is 1.58. The highest BCUT2D eigenvalue weighted by molar-refractivity contribution is 5.03. The van der Waals surface area contributed by atoms with E-state index in [-0.39, 0.29) is 12.6 Å². The van der Waals surface area contributed by atoms with Gasteiger partial charge in [-0.15, -0.1) is 0 Å². The lowest BCUT2D eigenvalue weighted by molar-refractivity contribution is 0.223. The Balaban J connectivity index is 2.34. The Morgan fingerprint density at radius 3 is 2.73 bits per heavy atom. The molecule has 15 heavy (non-hydrogen) atoms. The van der Waals surface area contributed by atoms with Crippen LogP contribution in [0.1, 0.15) is 26.0 Å². The number of aliphatic hydroxyl groups is 1. The van der Waals surface area contributed by atoms with Gasteiger partial charge in [-0.25, -0.2) is 0 Å². The van der Waals surface area contributed by atoms with Gasteiger partial charge in [0.05, 0.1) is 12.3 Å². The van der Waals surface area contributed by atoms with E-state index in [9.17, 15) is 5.11 Å². The second kappa shape index (κ2) is 6.53. The van der Waals surface area contributed by atoms with Gasteiger partial charge in [0.15, 0.2) is 0 Å². The monoisotopic (exact) mass is 208 g/mol. The van der Waals surface area contributed by atoms with E-state index in [4.69, 9.17) is 0 Å². The third-order valence-electron chi connectivity index (χ3n) is 2.27. The lowest BCUT2D eigenvalue weighted by atomic mass is 10.0. The highest BCUT2D eigenvalue weighted by Crippen LogP contribution is 2.04. The van der Waals surface area contributed by atoms with Gasteiger partial charge in [-0.1, -0.05) is 19.9 Å². The first-order valence-electron chi connectivity index (χ1n) is 5.46. The average molecular weight is 208 g/mol. The first kappa shape index (κ1) is 12.1. The molecule has 1 aromatic rings. The van der Waals surface area contributed by atoms with Crippen LogP contribution in [-0.4, -0.2) is 22.7 Å². The molecule has 1 aromatic heterocycles. The maximum atomic E-state index is 9.17. The number of hydrogen-bond acceptors (Lipinski definition) is 3. The second-order valence-corrected chi connectivity index (χ2v) is 4.21. The van der Waals surface area contributed by atoms with Crippen LogP contribution in [0.2, 0.25) is 0 Å². The van der Waals surface area contributed by atoms with Crippen LogP contribution in [0.3, 0.4) is 0 Å². The molecule has 0 saturated carbocycles. The molecule has 0 bridgehead atoms. The lowest BCUT2D eigenvalue weighted by Gasteiger charge is -2.17. The van der Waals surface area contributed by atoms with Crippen LogP contribution in [-0.2, 0) is 6.54 Å². The van der Waals surface area contributed by atoms with Crippen LogP contribution >= 0.6 is 0 Å². The Morgan fingerprint density at radius 2 is 2.20 bits per heavy atom. The Morgan fingerprint density at radius 1 is 1.40 bits per heavy atom. The van der Waals surface area contributed by atoms with Crippen molar-refractivity contribution < 1.29 is 5.11 Å². The van der Waals surface area contributed by atoms with Gasteiger partial charge in [0.25, 0.3) is 0 Å². The second-order valence-electron chi connectivity index (χ2n) is 4.21. The summed E-state index contributed by atoms with van der Waals surface area (Å²) in [5.74, 6) is 0.596. The topological polar surface area (TPSA) is 45.1 Å². The van der Waals surface area contributed by atoms with Crippen LogP contribution in [0.25, 0.3) is 0 Å². The summed E-state index contributed by atoms with van der Waals surface area (Å²) in [4.78, 5) is 4.22. The van der Waals surface area contributed by atoms with Crippen molar-refractivity contribution in [3.8, 4) is 0 Å². The summed E-state index contributed by atoms with van der Waals surface area (Å²) in [6, 6.07) is 6.03. The quantitative estimate of drug-likeness (QED) is 0.746. The van der Waals surface area contributed by atoms with Gasteiger partial charge in [0, 0.05) is 18.8 Å². The number of nitrogens with one attached hydrogen (secondary N) is 1. The third kappa shape index (κ3) is 4.91. The fraction of sp³-hybridized carbons (Fsp3) is 0.583. The summed E-state index contributed by atoms with van der Waals surface area (Å²) in [5, 5.41) is 12.5. The number of aliphatic hydroxyl groups excluding tert-OH is 1. The number of pyridine rings is 1. The van der Waals surface area contributed by atoms with E-state index in [1.807, 2.05) is 18.2 Å². The van der Waals surface area contributed by atoms with Crippen molar-refractivity contribution in [2.45, 2.75) is 32.9 Å². The zero-order valence-electron chi connectivity index (χ0n) is 9.48. The molecule has 0 aliphatic carbocycles. The van der Waals surface area contributed by atoms with Crippen LogP contribution in [0.5, 0.6) is 0 Å². The summed E-state index contributed by atoms with van der Waals surface area (Å²) < 4.78 is 0. The van der Waals surface area contributed by atoms with E-state index in [2.05, 4.69) is 24.1 Å². The van der Waals surface area contributed by atoms with E-state index < -0.39 is 0 Å². The summed E-state index contributed by atoms with van der Waals surface area (Å²) in [7, 11) is 0. The van der Waals surface area contributed by atoms with Crippen LogP contribution in [0.15, 0.2) is 24.4 Å². The molecule has 0 fully saturated rings. The normalized spacial score (nSPS) is 13.1. The van der Waals surface area contributed by atoms with Crippen molar-refractivity contribution in [3.63, 3.8) is 0 Å². The van der Waals surface area contributed by atoms with Crippen molar-refractivity contribution in [3.05, 3.63) is 30.1 Å². The highest BCUT2D eigenvalue weighted by Gasteiger charge is 2.08. The van der Waals surface area contributed by atoms with Gasteiger partial charge in [-0.2, -0.15) is 0 Å². The molecular weight excluding hydrogens is 188 g/mol. The number of rotatable bonds is 6. The molecule has 0 amide bonds. The van der Waals surface area contributed by atoms with E-state index in [0.717, 1.165) is 18.7 Å². The highest BCUT2D eigenvalue weighted by atomic mass is 16.3. The lowest BCUT2D eigenvalue weighted by Crippen LogP contribution is -2.33. The molecule has 0 aromatic carbocycles. The van der Waals surface area contributed by atoms with Gasteiger partial charge in [0.1, 0.15) is 0 Å². The molecule has 0 spiro atoms. The maximum Gasteiger partial charge on any atom is 0.0584 e. The molecule has 2 N–H and O–H groups in total. The van der Waals surface area contributed by atoms with E-state index in [1.165, 1.54) is 0 Å². The van der Waals surface area contributed by atoms with Gasteiger partial charge < -0.3 is 10.4 Å². The van der Waals surface area contributed by atoms with Crippen LogP contribution < -0.4 is 5.32 Å². The molecule has 0 saturated heterocycles. The average Bonchev–Trinajstić information content (AvgIpc) is 2.25. The minimum atomic E-state index is 0.173. The van der Waals surface area contributed by atoms with E-state index in [1.54, 1.807) is 6.20 Å². The molecule has 3 nitrogen and oxygen atoms in total. The largest absolute Gasteiger partial charge is 0.395 e. The fourth-order valence-electron chi connectivity index (χ4n) is 1.54. The van der Waals surface area contributed by atoms with Crippen molar-refractivity contribution in [2.24, 2.45) is 5.92 Å². The summed E-state index contributed by atoms with van der Waals surface area (Å²) in [6.07, 6.45) is 2.77. The number of aromatic nitrogens is 1. The fourth-order valence-corrected chi connectivity index (χ4v) is 1.54. The number of nitrogens with zero attached hydrogens (tertiary/aromatic N) is 1. The Kier molecular flexibility index (Phi) is 5.29. The Labute approximate surface area is 91.5 Å². The molecule has 1 rings (SSSR count). The molecule has 3 heteroatoms. The molecule has 0 radical (unpaired) electrons. The maximum absolute atomic E-state index is 9.17. The molecule has 84 valence electrons. The summed E-state index contributed by atoms with van der Waals surface area (Å²) in [5.41, 5.74) is 1.01. The molecule has 0 aliphatic heterocycles.